The molecule has 0 aromatic carbocycles. The summed E-state index contributed by atoms with van der Waals surface area (Å²) in [5.41, 5.74) is 5.55. The van der Waals surface area contributed by atoms with E-state index in [1.54, 1.807) is 0 Å². The lowest BCUT2D eigenvalue weighted by atomic mass is 10.0. The molecule has 1 unspecified atom stereocenters. The van der Waals surface area contributed by atoms with Crippen molar-refractivity contribution >= 4 is 69.7 Å². The first-order valence-electron chi connectivity index (χ1n) is 10.2. The van der Waals surface area contributed by atoms with E-state index in [4.69, 9.17) is 10.8 Å². The second-order valence-corrected chi connectivity index (χ2v) is 10.1. The van der Waals surface area contributed by atoms with Gasteiger partial charge in [-0.15, -0.1) is 16.9 Å². The number of carboxylic acids is 2. The first-order chi connectivity index (χ1) is 17.7. The molecule has 1 fully saturated rings. The Morgan fingerprint density at radius 2 is 2.14 bits per heavy atom. The van der Waals surface area contributed by atoms with Crippen LogP contribution < -0.4 is 11.1 Å². The maximum atomic E-state index is 12.9. The molecule has 5 N–H and O–H groups in total. The average Bonchev–Trinajstić information content (AvgIpc) is 3.50. The molecule has 0 aliphatic carbocycles. The molecule has 20 heteroatoms. The Morgan fingerprint density at radius 1 is 1.35 bits per heavy atom. The molecule has 0 bridgehead atoms. The number of aromatic nitrogens is 6. The van der Waals surface area contributed by atoms with Crippen LogP contribution in [0.25, 0.3) is 0 Å². The highest BCUT2D eigenvalue weighted by Gasteiger charge is 2.54. The van der Waals surface area contributed by atoms with E-state index in [1.807, 2.05) is 0 Å². The highest BCUT2D eigenvalue weighted by atomic mass is 32.2. The van der Waals surface area contributed by atoms with E-state index in [1.165, 1.54) is 23.6 Å². The van der Waals surface area contributed by atoms with E-state index in [-0.39, 0.29) is 46.8 Å². The number of nitrogens with one attached hydrogen (secondary N) is 1. The lowest BCUT2D eigenvalue weighted by Crippen LogP contribution is -2.71. The first-order valence-corrected chi connectivity index (χ1v) is 13.0. The number of carbonyl (C=O) groups excluding carboxylic acids is 2. The van der Waals surface area contributed by atoms with Crippen LogP contribution in [0.3, 0.4) is 0 Å². The molecule has 1 saturated heterocycles. The smallest absolute Gasteiger partial charge is 0.352 e. The highest BCUT2D eigenvalue weighted by Crippen LogP contribution is 2.41. The lowest BCUT2D eigenvalue weighted by molar-refractivity contribution is -0.150. The summed E-state index contributed by atoms with van der Waals surface area (Å²) >= 11 is 3.25. The van der Waals surface area contributed by atoms with Crippen LogP contribution in [0.1, 0.15) is 12.2 Å². The number of hydrogen-bond donors (Lipinski definition) is 4. The van der Waals surface area contributed by atoms with Crippen molar-refractivity contribution in [3.8, 4) is 0 Å². The standard InChI is InChI=1S/C17H18N10O7S3/c1-34-22-8(11-20-16(18)37-23-11)12(30)19-9-13(31)27-10(15(32)33)6(4-35-14(9)27)5-36-17-21-24-25-26(17)3-2-7(28)29/h9,14H,2-5H2,1H3,(H,19,30)(H,28,29)(H,32,33)(H2,18,20,23)/b22-8+/t9?,14-/m1/s1. The first kappa shape index (κ1) is 26.3. The normalized spacial score (nSPS) is 19.3. The number of β-lactam (4-membered cyclic amide) rings is 1. The van der Waals surface area contributed by atoms with Crippen molar-refractivity contribution in [3.63, 3.8) is 0 Å². The third-order valence-corrected chi connectivity index (χ3v) is 7.93. The van der Waals surface area contributed by atoms with Crippen LogP contribution in [0.4, 0.5) is 5.13 Å². The number of nitrogens with zero attached hydrogens (tertiary/aromatic N) is 8. The van der Waals surface area contributed by atoms with Gasteiger partial charge in [-0.3, -0.25) is 19.3 Å². The molecule has 4 heterocycles. The van der Waals surface area contributed by atoms with Gasteiger partial charge in [0, 0.05) is 23.0 Å². The Morgan fingerprint density at radius 3 is 2.78 bits per heavy atom. The van der Waals surface area contributed by atoms with E-state index >= 15 is 0 Å². The zero-order valence-corrected chi connectivity index (χ0v) is 21.2. The van der Waals surface area contributed by atoms with Crippen molar-refractivity contribution < 1.29 is 34.2 Å². The quantitative estimate of drug-likeness (QED) is 0.104. The second-order valence-electron chi connectivity index (χ2n) is 7.31. The molecule has 196 valence electrons. The van der Waals surface area contributed by atoms with E-state index < -0.39 is 35.2 Å². The maximum absolute atomic E-state index is 12.9. The number of fused-ring (bicyclic) bond motifs is 1. The predicted octanol–water partition coefficient (Wildman–Crippen LogP) is -1.54. The van der Waals surface area contributed by atoms with Crippen molar-refractivity contribution in [2.75, 3.05) is 24.3 Å². The van der Waals surface area contributed by atoms with Gasteiger partial charge in [-0.2, -0.15) is 9.36 Å². The largest absolute Gasteiger partial charge is 0.481 e. The monoisotopic (exact) mass is 570 g/mol. The van der Waals surface area contributed by atoms with Gasteiger partial charge in [0.2, 0.25) is 16.7 Å². The van der Waals surface area contributed by atoms with E-state index in [2.05, 4.69) is 40.2 Å². The minimum absolute atomic E-state index is 0.0513. The van der Waals surface area contributed by atoms with E-state index in [0.717, 1.165) is 28.2 Å². The molecule has 2 aliphatic heterocycles. The van der Waals surface area contributed by atoms with Crippen LogP contribution >= 0.6 is 35.1 Å². The van der Waals surface area contributed by atoms with Crippen molar-refractivity contribution in [1.29, 1.82) is 0 Å². The summed E-state index contributed by atoms with van der Waals surface area (Å²) < 4.78 is 5.23. The van der Waals surface area contributed by atoms with Gasteiger partial charge in [0.15, 0.2) is 5.13 Å². The minimum atomic E-state index is -1.30. The summed E-state index contributed by atoms with van der Waals surface area (Å²) in [6.45, 7) is 0.0513. The van der Waals surface area contributed by atoms with Crippen LogP contribution in [-0.4, -0.2) is 104 Å². The number of oxime groups is 1. The number of nitrogens with two attached hydrogens (primary N) is 1. The molecule has 2 aromatic heterocycles. The fourth-order valence-corrected chi connectivity index (χ4v) is 6.23. The van der Waals surface area contributed by atoms with Gasteiger partial charge >= 0.3 is 11.9 Å². The number of aryl methyl sites for hydroxylation is 1. The third kappa shape index (κ3) is 5.49. The highest BCUT2D eigenvalue weighted by molar-refractivity contribution is 8.01. The molecule has 2 amide bonds. The van der Waals surface area contributed by atoms with Crippen molar-refractivity contribution in [2.45, 2.75) is 29.5 Å². The number of amides is 2. The summed E-state index contributed by atoms with van der Waals surface area (Å²) in [4.78, 5) is 58.3. The summed E-state index contributed by atoms with van der Waals surface area (Å²) in [7, 11) is 1.23. The topological polar surface area (TPSA) is 241 Å². The molecule has 0 radical (unpaired) electrons. The number of carboxylic acid groups (broad SMARTS) is 2. The molecular formula is C17H18N10O7S3. The number of anilines is 1. The second kappa shape index (κ2) is 11.1. The molecular weight excluding hydrogens is 552 g/mol. The SMILES string of the molecule is CO/N=C(/C(=O)NC1C(=O)N2C(C(=O)O)=C(CSc3nnnn3CCC(=O)O)CS[C@H]12)c1nsc(N)n1. The molecule has 2 aliphatic rings. The third-order valence-electron chi connectivity index (χ3n) is 5.00. The van der Waals surface area contributed by atoms with Crippen molar-refractivity contribution in [2.24, 2.45) is 5.16 Å². The number of rotatable bonds is 11. The summed E-state index contributed by atoms with van der Waals surface area (Å²) in [5.74, 6) is -3.37. The Balaban J connectivity index is 1.46. The van der Waals surface area contributed by atoms with E-state index in [9.17, 15) is 24.3 Å². The zero-order chi connectivity index (χ0) is 26.7. The number of nitrogen functional groups attached to an aromatic ring is 1. The van der Waals surface area contributed by atoms with Crippen molar-refractivity contribution in [3.05, 3.63) is 17.1 Å². The Labute approximate surface area is 219 Å². The summed E-state index contributed by atoms with van der Waals surface area (Å²) in [6.07, 6.45) is -0.183. The van der Waals surface area contributed by atoms with Gasteiger partial charge in [0.1, 0.15) is 24.2 Å². The van der Waals surface area contributed by atoms with Crippen LogP contribution in [0.5, 0.6) is 0 Å². The number of hydrogen-bond acceptors (Lipinski definition) is 15. The number of thioether (sulfide) groups is 2. The molecule has 37 heavy (non-hydrogen) atoms. The van der Waals surface area contributed by atoms with Crippen LogP contribution in [0.15, 0.2) is 21.6 Å². The van der Waals surface area contributed by atoms with Crippen LogP contribution in [0, 0.1) is 0 Å². The summed E-state index contributed by atoms with van der Waals surface area (Å²) in [5, 5.41) is 35.7. The van der Waals surface area contributed by atoms with Crippen molar-refractivity contribution in [1.82, 2.24) is 39.8 Å². The Bertz CT molecular complexity index is 1310. The molecule has 0 spiro atoms. The summed E-state index contributed by atoms with van der Waals surface area (Å²) in [6, 6.07) is -1.01. The average molecular weight is 571 g/mol. The molecule has 17 nitrogen and oxygen atoms in total. The van der Waals surface area contributed by atoms with Gasteiger partial charge < -0.3 is 26.1 Å². The number of carbonyl (C=O) groups is 4. The van der Waals surface area contributed by atoms with Gasteiger partial charge in [-0.25, -0.2) is 9.48 Å². The Hall–Kier alpha value is -3.78. The number of tetrazole rings is 1. The van der Waals surface area contributed by atoms with Gasteiger partial charge in [0.25, 0.3) is 11.8 Å². The van der Waals surface area contributed by atoms with Gasteiger partial charge in [-0.05, 0) is 16.0 Å². The zero-order valence-electron chi connectivity index (χ0n) is 18.8. The number of aliphatic carboxylic acids is 2. The Kier molecular flexibility index (Phi) is 7.88. The molecule has 4 rings (SSSR count). The molecule has 2 aromatic rings. The predicted molar refractivity (Wildman–Crippen MR) is 128 cm³/mol. The molecule has 0 saturated carbocycles. The van der Waals surface area contributed by atoms with Gasteiger partial charge in [0.05, 0.1) is 13.0 Å². The van der Waals surface area contributed by atoms with Crippen LogP contribution in [-0.2, 0) is 30.6 Å². The van der Waals surface area contributed by atoms with E-state index in [0.29, 0.717) is 10.7 Å². The molecule has 2 atom stereocenters. The van der Waals surface area contributed by atoms with Crippen LogP contribution in [0.2, 0.25) is 0 Å². The lowest BCUT2D eigenvalue weighted by Gasteiger charge is -2.49. The fraction of sp³-hybridized carbons (Fsp3) is 0.412. The van der Waals surface area contributed by atoms with Gasteiger partial charge in [-0.1, -0.05) is 16.9 Å². The maximum Gasteiger partial charge on any atom is 0.352 e. The fourth-order valence-electron chi connectivity index (χ4n) is 3.40. The minimum Gasteiger partial charge on any atom is -0.481 e.